The molecule has 0 amide bonds. The second-order valence-electron chi connectivity index (χ2n) is 1.68. The van der Waals surface area contributed by atoms with Crippen LogP contribution in [0.25, 0.3) is 0 Å². The molecule has 0 radical (unpaired) electrons. The van der Waals surface area contributed by atoms with Gasteiger partial charge in [-0.25, -0.2) is 8.60 Å². The van der Waals surface area contributed by atoms with Gasteiger partial charge in [0, 0.05) is 0 Å². The molecule has 0 N–H and O–H groups in total. The molecule has 0 saturated carbocycles. The van der Waals surface area contributed by atoms with Gasteiger partial charge < -0.3 is 0 Å². The van der Waals surface area contributed by atoms with Gasteiger partial charge >= 0.3 is 0 Å². The van der Waals surface area contributed by atoms with Crippen LogP contribution >= 0.6 is 10.7 Å². The third-order valence-electron chi connectivity index (χ3n) is 0.999. The van der Waals surface area contributed by atoms with Crippen molar-refractivity contribution < 1.29 is 8.60 Å². The van der Waals surface area contributed by atoms with Gasteiger partial charge in [-0.3, -0.25) is 0 Å². The minimum Gasteiger partial charge on any atom is -0.237 e. The van der Waals surface area contributed by atoms with Crippen molar-refractivity contribution in [1.82, 2.24) is 0 Å². The average Bonchev–Trinajstić information content (AvgIpc) is 1.88. The zero-order valence-corrected chi connectivity index (χ0v) is 6.45. The summed E-state index contributed by atoms with van der Waals surface area (Å²) in [6.07, 6.45) is 0. The van der Waals surface area contributed by atoms with Crippen molar-refractivity contribution in [3.63, 3.8) is 0 Å². The second kappa shape index (κ2) is 3.12. The Bertz CT molecular complexity index is 246. The largest absolute Gasteiger partial charge is 0.237 e. The Hall–Kier alpha value is -0.410. The Morgan fingerprint density at radius 1 is 1.30 bits per heavy atom. The molecule has 1 nitrogen and oxygen atoms in total. The fourth-order valence-electron chi connectivity index (χ4n) is 0.542. The molecule has 0 fully saturated rings. The molecule has 4 heteroatoms. The van der Waals surface area contributed by atoms with E-state index in [2.05, 4.69) is 0 Å². The Morgan fingerprint density at radius 3 is 2.20 bits per heavy atom. The summed E-state index contributed by atoms with van der Waals surface area (Å²) in [7, 11) is 3.67. The van der Waals surface area contributed by atoms with Crippen LogP contribution in [0.3, 0.4) is 0 Å². The van der Waals surface area contributed by atoms with Crippen molar-refractivity contribution in [2.24, 2.45) is 0 Å². The van der Waals surface area contributed by atoms with Gasteiger partial charge in [-0.2, -0.15) is 0 Å². The Labute approximate surface area is 64.8 Å². The Kier molecular flexibility index (Phi) is 2.40. The molecule has 1 unspecified atom stereocenters. The van der Waals surface area contributed by atoms with Crippen LogP contribution in [0.15, 0.2) is 29.2 Å². The van der Waals surface area contributed by atoms with Gasteiger partial charge in [0.2, 0.25) is 0 Å². The molecule has 0 aliphatic rings. The van der Waals surface area contributed by atoms with Crippen molar-refractivity contribution in [2.45, 2.75) is 4.90 Å². The van der Waals surface area contributed by atoms with Gasteiger partial charge in [0.25, 0.3) is 0 Å². The lowest BCUT2D eigenvalue weighted by atomic mass is 10.4. The quantitative estimate of drug-likeness (QED) is 0.602. The number of hydrogen-bond acceptors (Lipinski definition) is 1. The predicted octanol–water partition coefficient (Wildman–Crippen LogP) is 2.09. The standard InChI is InChI=1S/C6H4ClFOS/c7-10(9)6-3-1-5(8)2-4-6/h1-4H. The van der Waals surface area contributed by atoms with E-state index >= 15 is 0 Å². The molecule has 1 aromatic rings. The molecule has 1 rings (SSSR count). The van der Waals surface area contributed by atoms with Crippen LogP contribution in [-0.4, -0.2) is 4.21 Å². The van der Waals surface area contributed by atoms with E-state index < -0.39 is 10.0 Å². The first-order chi connectivity index (χ1) is 4.70. The molecule has 0 saturated heterocycles. The number of halogens is 2. The van der Waals surface area contributed by atoms with Gasteiger partial charge in [0.1, 0.15) is 15.8 Å². The molecular formula is C6H4ClFOS. The number of benzene rings is 1. The molecule has 0 aromatic heterocycles. The van der Waals surface area contributed by atoms with Crippen LogP contribution in [0.4, 0.5) is 4.39 Å². The van der Waals surface area contributed by atoms with Crippen molar-refractivity contribution in [3.8, 4) is 0 Å². The zero-order valence-electron chi connectivity index (χ0n) is 4.88. The van der Waals surface area contributed by atoms with Crippen molar-refractivity contribution in [2.75, 3.05) is 0 Å². The van der Waals surface area contributed by atoms with Crippen LogP contribution in [0.5, 0.6) is 0 Å². The van der Waals surface area contributed by atoms with Crippen LogP contribution in [0, 0.1) is 5.82 Å². The molecule has 0 bridgehead atoms. The van der Waals surface area contributed by atoms with Gasteiger partial charge in [-0.05, 0) is 34.9 Å². The van der Waals surface area contributed by atoms with Crippen molar-refractivity contribution >= 4 is 20.7 Å². The molecule has 1 aromatic carbocycles. The van der Waals surface area contributed by atoms with Crippen molar-refractivity contribution in [3.05, 3.63) is 30.1 Å². The first kappa shape index (κ1) is 7.69. The maximum Gasteiger partial charge on any atom is 0.147 e. The fourth-order valence-corrected chi connectivity index (χ4v) is 1.20. The van der Waals surface area contributed by atoms with Gasteiger partial charge in [-0.1, -0.05) is 0 Å². The SMILES string of the molecule is O=S(Cl)c1ccc(F)cc1. The van der Waals surface area contributed by atoms with Gasteiger partial charge in [0.15, 0.2) is 0 Å². The number of rotatable bonds is 1. The van der Waals surface area contributed by atoms with Crippen molar-refractivity contribution in [1.29, 1.82) is 0 Å². The maximum absolute atomic E-state index is 12.2. The lowest BCUT2D eigenvalue weighted by Gasteiger charge is -1.90. The van der Waals surface area contributed by atoms with E-state index in [0.717, 1.165) is 0 Å². The third-order valence-corrected chi connectivity index (χ3v) is 2.18. The summed E-state index contributed by atoms with van der Waals surface area (Å²) in [4.78, 5) is 0.420. The Morgan fingerprint density at radius 2 is 1.80 bits per heavy atom. The third kappa shape index (κ3) is 1.78. The van der Waals surface area contributed by atoms with Crippen LogP contribution in [0.1, 0.15) is 0 Å². The van der Waals surface area contributed by atoms with E-state index in [4.69, 9.17) is 10.7 Å². The summed E-state index contributed by atoms with van der Waals surface area (Å²) in [5.74, 6) is -0.356. The highest BCUT2D eigenvalue weighted by Crippen LogP contribution is 2.09. The zero-order chi connectivity index (χ0) is 7.56. The minimum absolute atomic E-state index is 0.356. The first-order valence-electron chi connectivity index (χ1n) is 2.54. The van der Waals surface area contributed by atoms with Crippen LogP contribution in [0.2, 0.25) is 0 Å². The van der Waals surface area contributed by atoms with Crippen LogP contribution in [-0.2, 0) is 10.0 Å². The summed E-state index contributed by atoms with van der Waals surface area (Å²) < 4.78 is 22.7. The Balaban J connectivity index is 3.00. The van der Waals surface area contributed by atoms with Gasteiger partial charge in [-0.15, -0.1) is 0 Å². The van der Waals surface area contributed by atoms with E-state index in [1.165, 1.54) is 24.3 Å². The molecular weight excluding hydrogens is 175 g/mol. The summed E-state index contributed by atoms with van der Waals surface area (Å²) in [6.45, 7) is 0. The normalized spacial score (nSPS) is 13.0. The molecule has 0 heterocycles. The number of hydrogen-bond donors (Lipinski definition) is 0. The summed E-state index contributed by atoms with van der Waals surface area (Å²) in [5.41, 5.74) is 0. The molecule has 0 aliphatic carbocycles. The lowest BCUT2D eigenvalue weighted by molar-refractivity contribution is 0.626. The summed E-state index contributed by atoms with van der Waals surface area (Å²) in [5, 5.41) is 0. The molecule has 10 heavy (non-hydrogen) atoms. The molecule has 54 valence electrons. The minimum atomic E-state index is -1.53. The predicted molar refractivity (Wildman–Crippen MR) is 38.7 cm³/mol. The maximum atomic E-state index is 12.2. The highest BCUT2D eigenvalue weighted by molar-refractivity contribution is 8.08. The smallest absolute Gasteiger partial charge is 0.147 e. The molecule has 0 aliphatic heterocycles. The van der Waals surface area contributed by atoms with E-state index in [9.17, 15) is 8.60 Å². The van der Waals surface area contributed by atoms with E-state index in [1.54, 1.807) is 0 Å². The van der Waals surface area contributed by atoms with E-state index in [1.807, 2.05) is 0 Å². The van der Waals surface area contributed by atoms with E-state index in [-0.39, 0.29) is 5.82 Å². The average molecular weight is 179 g/mol. The monoisotopic (exact) mass is 178 g/mol. The van der Waals surface area contributed by atoms with Gasteiger partial charge in [0.05, 0.1) is 4.90 Å². The summed E-state index contributed by atoms with van der Waals surface area (Å²) in [6, 6.07) is 5.21. The second-order valence-corrected chi connectivity index (χ2v) is 3.44. The molecule has 0 spiro atoms. The lowest BCUT2D eigenvalue weighted by Crippen LogP contribution is -1.80. The van der Waals surface area contributed by atoms with E-state index in [0.29, 0.717) is 4.90 Å². The summed E-state index contributed by atoms with van der Waals surface area (Å²) >= 11 is 0. The highest BCUT2D eigenvalue weighted by Gasteiger charge is 1.97. The topological polar surface area (TPSA) is 17.1 Å². The highest BCUT2D eigenvalue weighted by atomic mass is 35.7. The molecule has 1 atom stereocenters. The van der Waals surface area contributed by atoms with Crippen LogP contribution < -0.4 is 0 Å². The first-order valence-corrected chi connectivity index (χ1v) is 4.51. The fraction of sp³-hybridized carbons (Fsp3) is 0.